The van der Waals surface area contributed by atoms with Crippen LogP contribution in [0.2, 0.25) is 0 Å². The van der Waals surface area contributed by atoms with Gasteiger partial charge in [0.25, 0.3) is 0 Å². The maximum atomic E-state index is 6.17. The Morgan fingerprint density at radius 3 is 2.71 bits per heavy atom. The van der Waals surface area contributed by atoms with Gasteiger partial charge in [-0.3, -0.25) is 0 Å². The highest BCUT2D eigenvalue weighted by Crippen LogP contribution is 2.27. The van der Waals surface area contributed by atoms with Crippen LogP contribution >= 0.6 is 24.0 Å². The van der Waals surface area contributed by atoms with Crippen LogP contribution in [0, 0.1) is 6.92 Å². The first-order valence-electron chi connectivity index (χ1n) is 9.49. The number of aliphatic imine (C=N–C) groups is 1. The van der Waals surface area contributed by atoms with Crippen LogP contribution in [0.3, 0.4) is 0 Å². The molecule has 1 aliphatic carbocycles. The molecule has 0 amide bonds. The zero-order valence-electron chi connectivity index (χ0n) is 16.1. The SMILES string of the molecule is Cc1nn(-c2ccccc2)cc1CN=C(N)Nc1cccc2c1CCCC2.I. The molecule has 3 aromatic rings. The normalized spacial score (nSPS) is 13.5. The number of fused-ring (bicyclic) bond motifs is 1. The number of para-hydroxylation sites is 1. The number of hydrogen-bond donors (Lipinski definition) is 2. The average Bonchev–Trinajstić information content (AvgIpc) is 3.08. The first-order chi connectivity index (χ1) is 13.2. The fourth-order valence-electron chi connectivity index (χ4n) is 3.61. The van der Waals surface area contributed by atoms with E-state index in [1.54, 1.807) is 0 Å². The molecule has 0 fully saturated rings. The Balaban J connectivity index is 0.00000225. The average molecular weight is 487 g/mol. The molecule has 1 aliphatic rings. The number of rotatable bonds is 4. The molecular formula is C22H26IN5. The van der Waals surface area contributed by atoms with Crippen molar-refractivity contribution in [2.75, 3.05) is 5.32 Å². The summed E-state index contributed by atoms with van der Waals surface area (Å²) in [5.41, 5.74) is 13.1. The van der Waals surface area contributed by atoms with E-state index in [9.17, 15) is 0 Å². The lowest BCUT2D eigenvalue weighted by atomic mass is 9.90. The number of nitrogens with two attached hydrogens (primary N) is 1. The summed E-state index contributed by atoms with van der Waals surface area (Å²) >= 11 is 0. The molecule has 0 saturated carbocycles. The minimum atomic E-state index is 0. The van der Waals surface area contributed by atoms with E-state index in [0.717, 1.165) is 35.5 Å². The van der Waals surface area contributed by atoms with Gasteiger partial charge in [-0.05, 0) is 61.9 Å². The van der Waals surface area contributed by atoms with Crippen LogP contribution in [0.1, 0.15) is 35.2 Å². The van der Waals surface area contributed by atoms with Gasteiger partial charge in [-0.2, -0.15) is 5.10 Å². The maximum absolute atomic E-state index is 6.17. The third-order valence-corrected chi connectivity index (χ3v) is 5.10. The monoisotopic (exact) mass is 487 g/mol. The smallest absolute Gasteiger partial charge is 0.193 e. The zero-order chi connectivity index (χ0) is 18.6. The van der Waals surface area contributed by atoms with Gasteiger partial charge < -0.3 is 11.1 Å². The number of benzene rings is 2. The summed E-state index contributed by atoms with van der Waals surface area (Å²) in [4.78, 5) is 4.54. The number of halogens is 1. The van der Waals surface area contributed by atoms with E-state index in [0.29, 0.717) is 12.5 Å². The van der Waals surface area contributed by atoms with Gasteiger partial charge >= 0.3 is 0 Å². The fourth-order valence-corrected chi connectivity index (χ4v) is 3.61. The first kappa shape index (κ1) is 20.4. The largest absolute Gasteiger partial charge is 0.370 e. The summed E-state index contributed by atoms with van der Waals surface area (Å²) in [7, 11) is 0. The van der Waals surface area contributed by atoms with E-state index in [2.05, 4.69) is 33.6 Å². The highest BCUT2D eigenvalue weighted by molar-refractivity contribution is 14.0. The van der Waals surface area contributed by atoms with Gasteiger partial charge in [-0.25, -0.2) is 9.67 Å². The molecule has 0 unspecified atom stereocenters. The maximum Gasteiger partial charge on any atom is 0.193 e. The third-order valence-electron chi connectivity index (χ3n) is 5.10. The first-order valence-corrected chi connectivity index (χ1v) is 9.49. The Morgan fingerprint density at radius 1 is 1.11 bits per heavy atom. The van der Waals surface area contributed by atoms with Crippen molar-refractivity contribution in [2.24, 2.45) is 10.7 Å². The van der Waals surface area contributed by atoms with Crippen LogP contribution in [0.4, 0.5) is 5.69 Å². The second-order valence-corrected chi connectivity index (χ2v) is 7.00. The van der Waals surface area contributed by atoms with E-state index in [4.69, 9.17) is 5.73 Å². The number of hydrogen-bond acceptors (Lipinski definition) is 2. The molecule has 2 aromatic carbocycles. The highest BCUT2D eigenvalue weighted by atomic mass is 127. The van der Waals surface area contributed by atoms with Gasteiger partial charge in [0, 0.05) is 17.4 Å². The molecule has 1 aromatic heterocycles. The van der Waals surface area contributed by atoms with Gasteiger partial charge in [-0.15, -0.1) is 24.0 Å². The Bertz CT molecular complexity index is 962. The molecule has 4 rings (SSSR count). The van der Waals surface area contributed by atoms with E-state index in [1.807, 2.05) is 48.1 Å². The van der Waals surface area contributed by atoms with Crippen LogP contribution < -0.4 is 11.1 Å². The predicted octanol–water partition coefficient (Wildman–Crippen LogP) is 4.60. The van der Waals surface area contributed by atoms with Gasteiger partial charge in [0.15, 0.2) is 5.96 Å². The molecule has 6 heteroatoms. The number of aryl methyl sites for hydroxylation is 2. The van der Waals surface area contributed by atoms with Crippen molar-refractivity contribution in [1.29, 1.82) is 0 Å². The molecule has 0 spiro atoms. The van der Waals surface area contributed by atoms with E-state index < -0.39 is 0 Å². The Hall–Kier alpha value is -2.35. The zero-order valence-corrected chi connectivity index (χ0v) is 18.4. The molecule has 3 N–H and O–H groups in total. The molecule has 146 valence electrons. The van der Waals surface area contributed by atoms with Gasteiger partial charge in [0.2, 0.25) is 0 Å². The molecule has 0 radical (unpaired) electrons. The van der Waals surface area contributed by atoms with Gasteiger partial charge in [0.05, 0.1) is 17.9 Å². The summed E-state index contributed by atoms with van der Waals surface area (Å²) in [5.74, 6) is 0.445. The second kappa shape index (κ2) is 9.23. The minimum absolute atomic E-state index is 0. The van der Waals surface area contributed by atoms with E-state index in [-0.39, 0.29) is 24.0 Å². The molecule has 28 heavy (non-hydrogen) atoms. The minimum Gasteiger partial charge on any atom is -0.370 e. The van der Waals surface area contributed by atoms with Crippen LogP contribution in [0.5, 0.6) is 0 Å². The Labute approximate surface area is 183 Å². The number of guanidine groups is 1. The molecule has 5 nitrogen and oxygen atoms in total. The number of nitrogens with one attached hydrogen (secondary N) is 1. The molecule has 0 bridgehead atoms. The third kappa shape index (κ3) is 4.55. The van der Waals surface area contributed by atoms with Crippen molar-refractivity contribution in [3.05, 3.63) is 77.1 Å². The van der Waals surface area contributed by atoms with Crippen molar-refractivity contribution in [2.45, 2.75) is 39.2 Å². The van der Waals surface area contributed by atoms with Gasteiger partial charge in [0.1, 0.15) is 0 Å². The fraction of sp³-hybridized carbons (Fsp3) is 0.273. The van der Waals surface area contributed by atoms with E-state index >= 15 is 0 Å². The quantitative estimate of drug-likeness (QED) is 0.321. The topological polar surface area (TPSA) is 68.2 Å². The van der Waals surface area contributed by atoms with Crippen molar-refractivity contribution in [3.63, 3.8) is 0 Å². The number of anilines is 1. The predicted molar refractivity (Wildman–Crippen MR) is 126 cm³/mol. The van der Waals surface area contributed by atoms with Crippen LogP contribution in [0.15, 0.2) is 59.7 Å². The van der Waals surface area contributed by atoms with Crippen molar-refractivity contribution < 1.29 is 0 Å². The lowest BCUT2D eigenvalue weighted by Gasteiger charge is -2.19. The standard InChI is InChI=1S/C22H25N5.HI/c1-16-18(15-27(26-16)19-10-3-2-4-11-19)14-24-22(23)25-21-13-7-9-17-8-5-6-12-20(17)21;/h2-4,7,9-11,13,15H,5-6,8,12,14H2,1H3,(H3,23,24,25);1H. The van der Waals surface area contributed by atoms with E-state index in [1.165, 1.54) is 24.0 Å². The highest BCUT2D eigenvalue weighted by Gasteiger charge is 2.13. The van der Waals surface area contributed by atoms with Crippen LogP contribution in [-0.2, 0) is 19.4 Å². The van der Waals surface area contributed by atoms with Crippen LogP contribution in [0.25, 0.3) is 5.69 Å². The summed E-state index contributed by atoms with van der Waals surface area (Å²) in [5, 5.41) is 7.89. The molecule has 0 atom stereocenters. The Kier molecular flexibility index (Phi) is 6.72. The summed E-state index contributed by atoms with van der Waals surface area (Å²) < 4.78 is 1.89. The lowest BCUT2D eigenvalue weighted by Crippen LogP contribution is -2.24. The van der Waals surface area contributed by atoms with Crippen molar-refractivity contribution in [1.82, 2.24) is 9.78 Å². The molecule has 1 heterocycles. The number of nitrogens with zero attached hydrogens (tertiary/aromatic N) is 3. The van der Waals surface area contributed by atoms with Crippen molar-refractivity contribution >= 4 is 35.6 Å². The number of aromatic nitrogens is 2. The molecular weight excluding hydrogens is 461 g/mol. The van der Waals surface area contributed by atoms with Gasteiger partial charge in [-0.1, -0.05) is 30.3 Å². The molecule has 0 aliphatic heterocycles. The van der Waals surface area contributed by atoms with Crippen LogP contribution in [-0.4, -0.2) is 15.7 Å². The lowest BCUT2D eigenvalue weighted by molar-refractivity contribution is 0.687. The Morgan fingerprint density at radius 2 is 1.89 bits per heavy atom. The second-order valence-electron chi connectivity index (χ2n) is 7.00. The summed E-state index contributed by atoms with van der Waals surface area (Å²) in [6, 6.07) is 16.5. The van der Waals surface area contributed by atoms with Crippen molar-refractivity contribution in [3.8, 4) is 5.69 Å². The molecule has 0 saturated heterocycles. The summed E-state index contributed by atoms with van der Waals surface area (Å²) in [6.45, 7) is 2.51. The summed E-state index contributed by atoms with van der Waals surface area (Å²) in [6.07, 6.45) is 6.78.